The Morgan fingerprint density at radius 2 is 1.69 bits per heavy atom. The van der Waals surface area contributed by atoms with Crippen molar-refractivity contribution in [3.63, 3.8) is 0 Å². The molecule has 0 aliphatic rings. The molecule has 0 aliphatic carbocycles. The van der Waals surface area contributed by atoms with Gasteiger partial charge < -0.3 is 31.2 Å². The average Bonchev–Trinajstić information content (AvgIpc) is 3.12. The number of H-pyrrole nitrogens is 1. The number of nitrogen functional groups attached to an aromatic ring is 1. The Morgan fingerprint density at radius 3 is 2.28 bits per heavy atom. The molecule has 0 radical (unpaired) electrons. The van der Waals surface area contributed by atoms with Gasteiger partial charge in [0.15, 0.2) is 11.2 Å². The van der Waals surface area contributed by atoms with Crippen LogP contribution in [0.15, 0.2) is 11.1 Å². The van der Waals surface area contributed by atoms with Gasteiger partial charge in [-0.15, -0.1) is 0 Å². The zero-order valence-corrected chi connectivity index (χ0v) is 18.9. The summed E-state index contributed by atoms with van der Waals surface area (Å²) in [4.78, 5) is 46.9. The minimum absolute atomic E-state index is 0.0331. The number of hydrogen-bond donors (Lipinski definition) is 4. The summed E-state index contributed by atoms with van der Waals surface area (Å²) >= 11 is 0. The largest absolute Gasteiger partial charge is 0.465 e. The molecule has 2 heterocycles. The van der Waals surface area contributed by atoms with Crippen molar-refractivity contribution in [3.8, 4) is 0 Å². The quantitative estimate of drug-likeness (QED) is 0.331. The first-order chi connectivity index (χ1) is 15.0. The summed E-state index contributed by atoms with van der Waals surface area (Å²) in [5, 5.41) is 0. The molecule has 0 saturated carbocycles. The van der Waals surface area contributed by atoms with E-state index in [1.807, 2.05) is 27.7 Å². The fourth-order valence-corrected chi connectivity index (χ4v) is 2.87. The van der Waals surface area contributed by atoms with Crippen molar-refractivity contribution < 1.29 is 19.1 Å². The molecular formula is C20H33N7O5. The van der Waals surface area contributed by atoms with Crippen LogP contribution in [0.2, 0.25) is 0 Å². The standard InChI is InChI=1S/C20H33N7O5/c1-10(2)13(21)18(29)31-6-5-12(8-32-19(30)14(22)11(3)4)7-27-9-24-15-16(27)25-20(23)26-17(15)28/h9-14H,5-8,21-22H2,1-4H3,(H3,23,25,26,28)/t12?,13?,14-/m0/s1. The van der Waals surface area contributed by atoms with E-state index in [4.69, 9.17) is 26.7 Å². The lowest BCUT2D eigenvalue weighted by molar-refractivity contribution is -0.150. The predicted molar refractivity (Wildman–Crippen MR) is 118 cm³/mol. The molecule has 0 fully saturated rings. The number of carbonyl (C=O) groups excluding carboxylic acids is 2. The molecule has 12 nitrogen and oxygen atoms in total. The lowest BCUT2D eigenvalue weighted by Crippen LogP contribution is -2.38. The van der Waals surface area contributed by atoms with Crippen molar-refractivity contribution in [3.05, 3.63) is 16.7 Å². The number of esters is 2. The Hall–Kier alpha value is -2.99. The molecule has 0 aromatic carbocycles. The number of nitrogens with zero attached hydrogens (tertiary/aromatic N) is 3. The van der Waals surface area contributed by atoms with E-state index in [2.05, 4.69) is 15.0 Å². The van der Waals surface area contributed by atoms with Crippen molar-refractivity contribution in [2.45, 2.75) is 52.7 Å². The third-order valence-corrected chi connectivity index (χ3v) is 5.16. The first-order valence-electron chi connectivity index (χ1n) is 10.6. The average molecular weight is 452 g/mol. The van der Waals surface area contributed by atoms with Gasteiger partial charge in [-0.1, -0.05) is 27.7 Å². The Kier molecular flexibility index (Phi) is 8.72. The Balaban J connectivity index is 2.12. The van der Waals surface area contributed by atoms with Gasteiger partial charge in [0.1, 0.15) is 12.1 Å². The highest BCUT2D eigenvalue weighted by Crippen LogP contribution is 2.15. The zero-order valence-electron chi connectivity index (χ0n) is 18.9. The molecule has 7 N–H and O–H groups in total. The summed E-state index contributed by atoms with van der Waals surface area (Å²) in [5.41, 5.74) is 17.3. The number of ether oxygens (including phenoxy) is 2. The zero-order chi connectivity index (χ0) is 24.0. The maximum Gasteiger partial charge on any atom is 0.323 e. The third-order valence-electron chi connectivity index (χ3n) is 5.16. The van der Waals surface area contributed by atoms with Crippen LogP contribution < -0.4 is 22.8 Å². The normalized spacial score (nSPS) is 14.5. The van der Waals surface area contributed by atoms with Crippen LogP contribution in [0.3, 0.4) is 0 Å². The molecule has 3 atom stereocenters. The fourth-order valence-electron chi connectivity index (χ4n) is 2.87. The van der Waals surface area contributed by atoms with Gasteiger partial charge in [-0.2, -0.15) is 4.98 Å². The first-order valence-corrected chi connectivity index (χ1v) is 10.6. The van der Waals surface area contributed by atoms with Gasteiger partial charge in [0.05, 0.1) is 19.5 Å². The van der Waals surface area contributed by atoms with E-state index in [0.29, 0.717) is 18.6 Å². The van der Waals surface area contributed by atoms with E-state index < -0.39 is 29.6 Å². The van der Waals surface area contributed by atoms with E-state index in [1.54, 1.807) is 4.57 Å². The van der Waals surface area contributed by atoms with Gasteiger partial charge in [-0.05, 0) is 18.3 Å². The number of aromatic amines is 1. The first kappa shape index (κ1) is 25.3. The number of nitrogens with two attached hydrogens (primary N) is 3. The van der Waals surface area contributed by atoms with Crippen LogP contribution in [0, 0.1) is 17.8 Å². The van der Waals surface area contributed by atoms with Gasteiger partial charge in [0.2, 0.25) is 5.95 Å². The summed E-state index contributed by atoms with van der Waals surface area (Å²) in [5.74, 6) is -1.45. The van der Waals surface area contributed by atoms with Crippen molar-refractivity contribution in [1.82, 2.24) is 19.5 Å². The van der Waals surface area contributed by atoms with E-state index in [9.17, 15) is 14.4 Å². The molecule has 0 spiro atoms. The molecule has 2 unspecified atom stereocenters. The number of rotatable bonds is 11. The van der Waals surface area contributed by atoms with Gasteiger partial charge in [0, 0.05) is 12.5 Å². The van der Waals surface area contributed by atoms with Crippen LogP contribution in [0.4, 0.5) is 5.95 Å². The highest BCUT2D eigenvalue weighted by Gasteiger charge is 2.23. The van der Waals surface area contributed by atoms with Gasteiger partial charge in [-0.3, -0.25) is 19.4 Å². The second-order valence-electron chi connectivity index (χ2n) is 8.51. The van der Waals surface area contributed by atoms with Crippen molar-refractivity contribution >= 4 is 29.1 Å². The van der Waals surface area contributed by atoms with Crippen molar-refractivity contribution in [2.24, 2.45) is 29.2 Å². The van der Waals surface area contributed by atoms with Gasteiger partial charge in [0.25, 0.3) is 5.56 Å². The Bertz CT molecular complexity index is 984. The van der Waals surface area contributed by atoms with Gasteiger partial charge >= 0.3 is 11.9 Å². The minimum atomic E-state index is -0.744. The van der Waals surface area contributed by atoms with E-state index in [-0.39, 0.29) is 42.4 Å². The Morgan fingerprint density at radius 1 is 1.09 bits per heavy atom. The molecule has 2 rings (SSSR count). The number of carbonyl (C=O) groups is 2. The highest BCUT2D eigenvalue weighted by atomic mass is 16.5. The SMILES string of the molecule is CC(C)C(N)C(=O)OCCC(COC(=O)[C@@H](N)C(C)C)Cn1cnc2c(=O)[nH]c(N)nc21. The van der Waals surface area contributed by atoms with Crippen LogP contribution >= 0.6 is 0 Å². The molecule has 2 aromatic heterocycles. The number of imidazole rings is 1. The van der Waals surface area contributed by atoms with Crippen molar-refractivity contribution in [2.75, 3.05) is 18.9 Å². The molecule has 0 amide bonds. The maximum atomic E-state index is 12.2. The van der Waals surface area contributed by atoms with Crippen LogP contribution in [0.25, 0.3) is 11.2 Å². The van der Waals surface area contributed by atoms with E-state index >= 15 is 0 Å². The summed E-state index contributed by atoms with van der Waals surface area (Å²) in [7, 11) is 0. The van der Waals surface area contributed by atoms with E-state index in [1.165, 1.54) is 6.33 Å². The highest BCUT2D eigenvalue weighted by molar-refractivity contribution is 5.76. The van der Waals surface area contributed by atoms with E-state index in [0.717, 1.165) is 0 Å². The predicted octanol–water partition coefficient (Wildman–Crippen LogP) is -0.239. The molecule has 32 heavy (non-hydrogen) atoms. The minimum Gasteiger partial charge on any atom is -0.465 e. The number of anilines is 1. The fraction of sp³-hybridized carbons (Fsp3) is 0.650. The molecule has 0 bridgehead atoms. The van der Waals surface area contributed by atoms with Crippen LogP contribution in [-0.2, 0) is 25.6 Å². The lowest BCUT2D eigenvalue weighted by atomic mass is 10.0. The second-order valence-corrected chi connectivity index (χ2v) is 8.51. The number of hydrogen-bond acceptors (Lipinski definition) is 10. The van der Waals surface area contributed by atoms with Crippen LogP contribution in [0.1, 0.15) is 34.1 Å². The monoisotopic (exact) mass is 451 g/mol. The molecule has 2 aromatic rings. The summed E-state index contributed by atoms with van der Waals surface area (Å²) in [6, 6.07) is -1.46. The maximum absolute atomic E-state index is 12.2. The summed E-state index contributed by atoms with van der Waals surface area (Å²) in [6.07, 6.45) is 1.83. The van der Waals surface area contributed by atoms with Crippen LogP contribution in [0.5, 0.6) is 0 Å². The smallest absolute Gasteiger partial charge is 0.323 e. The van der Waals surface area contributed by atoms with Crippen LogP contribution in [-0.4, -0.2) is 56.8 Å². The molecule has 12 heteroatoms. The number of aromatic nitrogens is 4. The second kappa shape index (κ2) is 11.0. The molecule has 178 valence electrons. The molecule has 0 aliphatic heterocycles. The molecule has 0 saturated heterocycles. The summed E-state index contributed by atoms with van der Waals surface area (Å²) in [6.45, 7) is 7.72. The number of nitrogens with one attached hydrogen (secondary N) is 1. The Labute approximate surface area is 185 Å². The topological polar surface area (TPSA) is 194 Å². The lowest BCUT2D eigenvalue weighted by Gasteiger charge is -2.21. The molecular weight excluding hydrogens is 418 g/mol. The summed E-state index contributed by atoms with van der Waals surface area (Å²) < 4.78 is 12.3. The van der Waals surface area contributed by atoms with Gasteiger partial charge in [-0.25, -0.2) is 4.98 Å². The number of fused-ring (bicyclic) bond motifs is 1. The third kappa shape index (κ3) is 6.50. The van der Waals surface area contributed by atoms with Crippen molar-refractivity contribution in [1.29, 1.82) is 0 Å².